The van der Waals surface area contributed by atoms with Crippen LogP contribution in [0.4, 0.5) is 0 Å². The van der Waals surface area contributed by atoms with Crippen molar-refractivity contribution >= 4 is 12.7 Å². The Morgan fingerprint density at radius 1 is 1.09 bits per heavy atom. The van der Waals surface area contributed by atoms with Crippen molar-refractivity contribution in [3.63, 3.8) is 0 Å². The summed E-state index contributed by atoms with van der Waals surface area (Å²) in [5.41, 5.74) is 1.20. The standard InChI is InChI=1S/C19H19O3P/c1-2-22-23(20)17(12-8-11-16-9-4-3-5-10-16)15-21-18-13-6-7-14-19(18)23/h3-10,12-15H,2,11H2,1H3/b12-8+. The molecule has 1 heterocycles. The number of ether oxygens (including phenoxy) is 1. The number of allylic oxidation sites excluding steroid dienone is 3. The van der Waals surface area contributed by atoms with Gasteiger partial charge in [0.15, 0.2) is 0 Å². The molecule has 0 bridgehead atoms. The van der Waals surface area contributed by atoms with Gasteiger partial charge < -0.3 is 9.26 Å². The molecule has 0 aliphatic carbocycles. The first-order valence-electron chi connectivity index (χ1n) is 7.66. The van der Waals surface area contributed by atoms with Crippen molar-refractivity contribution in [2.75, 3.05) is 6.61 Å². The fourth-order valence-corrected chi connectivity index (χ4v) is 4.65. The second-order valence-corrected chi connectivity index (χ2v) is 7.55. The summed E-state index contributed by atoms with van der Waals surface area (Å²) in [6.07, 6.45) is 6.15. The Morgan fingerprint density at radius 3 is 2.61 bits per heavy atom. The van der Waals surface area contributed by atoms with Crippen molar-refractivity contribution in [1.29, 1.82) is 0 Å². The minimum Gasteiger partial charge on any atom is -0.463 e. The maximum Gasteiger partial charge on any atom is 0.268 e. The molecule has 23 heavy (non-hydrogen) atoms. The van der Waals surface area contributed by atoms with E-state index in [4.69, 9.17) is 9.26 Å². The van der Waals surface area contributed by atoms with Gasteiger partial charge >= 0.3 is 0 Å². The van der Waals surface area contributed by atoms with Gasteiger partial charge in [0, 0.05) is 0 Å². The van der Waals surface area contributed by atoms with Gasteiger partial charge in [0.25, 0.3) is 7.37 Å². The average Bonchev–Trinajstić information content (AvgIpc) is 2.58. The largest absolute Gasteiger partial charge is 0.463 e. The van der Waals surface area contributed by atoms with Gasteiger partial charge in [-0.3, -0.25) is 4.57 Å². The predicted octanol–water partition coefficient (Wildman–Crippen LogP) is 4.66. The monoisotopic (exact) mass is 326 g/mol. The maximum absolute atomic E-state index is 13.4. The summed E-state index contributed by atoms with van der Waals surface area (Å²) in [5.74, 6) is 0.601. The van der Waals surface area contributed by atoms with Crippen LogP contribution >= 0.6 is 7.37 Å². The van der Waals surface area contributed by atoms with Crippen LogP contribution in [0.15, 0.2) is 78.3 Å². The Bertz CT molecular complexity index is 778. The van der Waals surface area contributed by atoms with Gasteiger partial charge in [-0.05, 0) is 37.1 Å². The molecule has 0 aromatic heterocycles. The third-order valence-electron chi connectivity index (χ3n) is 3.62. The van der Waals surface area contributed by atoms with E-state index < -0.39 is 7.37 Å². The van der Waals surface area contributed by atoms with Crippen LogP contribution in [0.3, 0.4) is 0 Å². The van der Waals surface area contributed by atoms with Gasteiger partial charge in [-0.25, -0.2) is 0 Å². The van der Waals surface area contributed by atoms with Crippen molar-refractivity contribution in [2.24, 2.45) is 0 Å². The Balaban J connectivity index is 1.86. The lowest BCUT2D eigenvalue weighted by Gasteiger charge is -2.25. The average molecular weight is 326 g/mol. The first-order chi connectivity index (χ1) is 11.2. The van der Waals surface area contributed by atoms with Gasteiger partial charge in [-0.15, -0.1) is 0 Å². The molecule has 4 heteroatoms. The molecule has 0 amide bonds. The quantitative estimate of drug-likeness (QED) is 0.750. The lowest BCUT2D eigenvalue weighted by molar-refractivity contribution is 0.341. The summed E-state index contributed by atoms with van der Waals surface area (Å²) < 4.78 is 24.7. The zero-order valence-electron chi connectivity index (χ0n) is 13.0. The first kappa shape index (κ1) is 15.8. The molecule has 3 rings (SSSR count). The summed E-state index contributed by atoms with van der Waals surface area (Å²) >= 11 is 0. The van der Waals surface area contributed by atoms with Crippen LogP contribution in [0, 0.1) is 0 Å². The SMILES string of the molecule is CCOP1(=O)C(/C=C/Cc2ccccc2)=COc2ccccc21. The number of hydrogen-bond acceptors (Lipinski definition) is 3. The normalized spacial score (nSPS) is 20.0. The van der Waals surface area contributed by atoms with E-state index >= 15 is 0 Å². The van der Waals surface area contributed by atoms with Crippen molar-refractivity contribution in [3.05, 3.63) is 83.9 Å². The predicted molar refractivity (Wildman–Crippen MR) is 93.3 cm³/mol. The maximum atomic E-state index is 13.4. The van der Waals surface area contributed by atoms with Crippen LogP contribution in [-0.2, 0) is 15.5 Å². The van der Waals surface area contributed by atoms with Gasteiger partial charge in [0.05, 0.1) is 17.2 Å². The molecule has 2 aromatic carbocycles. The Kier molecular flexibility index (Phi) is 4.80. The zero-order valence-corrected chi connectivity index (χ0v) is 13.9. The molecular weight excluding hydrogens is 307 g/mol. The van der Waals surface area contributed by atoms with Crippen molar-refractivity contribution in [3.8, 4) is 5.75 Å². The lowest BCUT2D eigenvalue weighted by Crippen LogP contribution is -2.16. The van der Waals surface area contributed by atoms with E-state index in [2.05, 4.69) is 12.1 Å². The molecule has 0 fully saturated rings. The molecule has 0 saturated carbocycles. The number of benzene rings is 2. The van der Waals surface area contributed by atoms with E-state index in [0.29, 0.717) is 23.0 Å². The summed E-state index contributed by atoms with van der Waals surface area (Å²) in [5, 5.41) is 1.22. The first-order valence-corrected chi connectivity index (χ1v) is 9.28. The number of rotatable bonds is 5. The van der Waals surface area contributed by atoms with Crippen LogP contribution in [0.25, 0.3) is 0 Å². The Hall–Kier alpha value is -2.09. The fraction of sp³-hybridized carbons (Fsp3) is 0.158. The molecule has 1 aliphatic heterocycles. The molecule has 0 spiro atoms. The van der Waals surface area contributed by atoms with Gasteiger partial charge in [0.1, 0.15) is 12.0 Å². The van der Waals surface area contributed by atoms with E-state index in [1.165, 1.54) is 5.56 Å². The molecule has 118 valence electrons. The van der Waals surface area contributed by atoms with Crippen LogP contribution < -0.4 is 10.0 Å². The van der Waals surface area contributed by atoms with E-state index in [-0.39, 0.29) is 0 Å². The molecule has 0 N–H and O–H groups in total. The molecule has 0 saturated heterocycles. The van der Waals surface area contributed by atoms with Crippen LogP contribution in [-0.4, -0.2) is 6.61 Å². The molecule has 1 unspecified atom stereocenters. The summed E-state index contributed by atoms with van der Waals surface area (Å²) in [4.78, 5) is 0. The third-order valence-corrected chi connectivity index (χ3v) is 6.18. The highest BCUT2D eigenvalue weighted by Crippen LogP contribution is 2.58. The minimum atomic E-state index is -3.09. The zero-order chi connectivity index (χ0) is 16.1. The number of fused-ring (bicyclic) bond motifs is 1. The number of para-hydroxylation sites is 1. The second kappa shape index (κ2) is 6.99. The molecule has 1 atom stereocenters. The molecule has 0 radical (unpaired) electrons. The van der Waals surface area contributed by atoms with Crippen LogP contribution in [0.5, 0.6) is 5.75 Å². The molecule has 2 aromatic rings. The van der Waals surface area contributed by atoms with E-state index in [0.717, 1.165) is 6.42 Å². The Morgan fingerprint density at radius 2 is 1.83 bits per heavy atom. The fourth-order valence-electron chi connectivity index (χ4n) is 2.53. The highest BCUT2D eigenvalue weighted by atomic mass is 31.2. The summed E-state index contributed by atoms with van der Waals surface area (Å²) in [6.45, 7) is 2.23. The topological polar surface area (TPSA) is 35.5 Å². The molecular formula is C19H19O3P. The molecule has 1 aliphatic rings. The van der Waals surface area contributed by atoms with Crippen LogP contribution in [0.1, 0.15) is 12.5 Å². The summed E-state index contributed by atoms with van der Waals surface area (Å²) in [7, 11) is -3.09. The van der Waals surface area contributed by atoms with Gasteiger partial charge in [0.2, 0.25) is 0 Å². The lowest BCUT2D eigenvalue weighted by atomic mass is 10.1. The van der Waals surface area contributed by atoms with E-state index in [9.17, 15) is 4.57 Å². The smallest absolute Gasteiger partial charge is 0.268 e. The number of hydrogen-bond donors (Lipinski definition) is 0. The van der Waals surface area contributed by atoms with Gasteiger partial charge in [-0.2, -0.15) is 0 Å². The van der Waals surface area contributed by atoms with Crippen molar-refractivity contribution in [2.45, 2.75) is 13.3 Å². The highest BCUT2D eigenvalue weighted by molar-refractivity contribution is 7.71. The van der Waals surface area contributed by atoms with Crippen molar-refractivity contribution < 1.29 is 13.8 Å². The third kappa shape index (κ3) is 3.31. The molecule has 3 nitrogen and oxygen atoms in total. The van der Waals surface area contributed by atoms with Crippen LogP contribution in [0.2, 0.25) is 0 Å². The highest BCUT2D eigenvalue weighted by Gasteiger charge is 2.35. The Labute approximate surface area is 136 Å². The van der Waals surface area contributed by atoms with E-state index in [1.54, 1.807) is 6.26 Å². The summed E-state index contributed by atoms with van der Waals surface area (Å²) in [6, 6.07) is 17.5. The van der Waals surface area contributed by atoms with Gasteiger partial charge in [-0.1, -0.05) is 48.5 Å². The van der Waals surface area contributed by atoms with E-state index in [1.807, 2.05) is 61.5 Å². The second-order valence-electron chi connectivity index (χ2n) is 5.19. The minimum absolute atomic E-state index is 0.384. The van der Waals surface area contributed by atoms with Crippen molar-refractivity contribution in [1.82, 2.24) is 0 Å².